The number of amides is 2. The summed E-state index contributed by atoms with van der Waals surface area (Å²) in [6.07, 6.45) is 2.49. The Balaban J connectivity index is 1.90. The van der Waals surface area contributed by atoms with Crippen molar-refractivity contribution >= 4 is 23.6 Å². The molecule has 1 aliphatic rings. The molecule has 0 atom stereocenters. The average molecular weight is 368 g/mol. The molecule has 0 spiro atoms. The minimum absolute atomic E-state index is 0.0315. The molecule has 0 aromatic heterocycles. The molecule has 0 aliphatic carbocycles. The molecule has 5 nitrogen and oxygen atoms in total. The lowest BCUT2D eigenvalue weighted by Gasteiger charge is -2.14. The van der Waals surface area contributed by atoms with E-state index in [2.05, 4.69) is 5.43 Å². The molecule has 1 aliphatic heterocycles. The van der Waals surface area contributed by atoms with Gasteiger partial charge in [0.05, 0.1) is 12.3 Å². The molecule has 27 heavy (non-hydrogen) atoms. The lowest BCUT2D eigenvalue weighted by atomic mass is 10.00. The minimum atomic E-state index is -0.493. The van der Waals surface area contributed by atoms with Crippen LogP contribution in [0.3, 0.4) is 0 Å². The number of rotatable bonds is 5. The summed E-state index contributed by atoms with van der Waals surface area (Å²) in [5, 5.41) is 1.12. The summed E-state index contributed by atoms with van der Waals surface area (Å²) in [5.41, 5.74) is 5.63. The van der Waals surface area contributed by atoms with Crippen LogP contribution in [-0.2, 0) is 9.59 Å². The molecule has 2 aromatic rings. The number of carbonyl (C=O) groups excluding carboxylic acids is 2. The third kappa shape index (κ3) is 3.69. The Bertz CT molecular complexity index is 920. The maximum absolute atomic E-state index is 13.1. The van der Waals surface area contributed by atoms with Crippen LogP contribution >= 0.6 is 0 Å². The fourth-order valence-electron chi connectivity index (χ4n) is 2.83. The van der Waals surface area contributed by atoms with Crippen LogP contribution in [0.2, 0.25) is 0 Å². The zero-order valence-corrected chi connectivity index (χ0v) is 15.5. The largest absolute Gasteiger partial charge is 0.493 e. The van der Waals surface area contributed by atoms with Crippen molar-refractivity contribution in [1.82, 2.24) is 5.43 Å². The topological polar surface area (TPSA) is 58.6 Å². The lowest BCUT2D eigenvalue weighted by molar-refractivity contribution is -0.117. The number of hydrazine groups is 1. The van der Waals surface area contributed by atoms with E-state index >= 15 is 0 Å². The second-order valence-electron chi connectivity index (χ2n) is 6.37. The molecule has 2 amide bonds. The van der Waals surface area contributed by atoms with Crippen molar-refractivity contribution in [2.75, 3.05) is 11.6 Å². The van der Waals surface area contributed by atoms with E-state index in [-0.39, 0.29) is 5.57 Å². The predicted octanol–water partition coefficient (Wildman–Crippen LogP) is 3.69. The Morgan fingerprint density at radius 2 is 1.78 bits per heavy atom. The predicted molar refractivity (Wildman–Crippen MR) is 102 cm³/mol. The van der Waals surface area contributed by atoms with Gasteiger partial charge in [-0.2, -0.15) is 0 Å². The van der Waals surface area contributed by atoms with Gasteiger partial charge in [0.1, 0.15) is 17.1 Å². The van der Waals surface area contributed by atoms with Gasteiger partial charge in [-0.25, -0.2) is 9.40 Å². The first kappa shape index (κ1) is 18.6. The maximum atomic E-state index is 13.1. The van der Waals surface area contributed by atoms with E-state index in [0.717, 1.165) is 33.9 Å². The monoisotopic (exact) mass is 368 g/mol. The van der Waals surface area contributed by atoms with E-state index in [1.807, 2.05) is 32.9 Å². The summed E-state index contributed by atoms with van der Waals surface area (Å²) >= 11 is 0. The summed E-state index contributed by atoms with van der Waals surface area (Å²) in [7, 11) is 0. The molecule has 0 unspecified atom stereocenters. The molecule has 140 valence electrons. The highest BCUT2D eigenvalue weighted by Gasteiger charge is 2.34. The lowest BCUT2D eigenvalue weighted by Crippen LogP contribution is -2.35. The second-order valence-corrected chi connectivity index (χ2v) is 6.37. The SMILES string of the molecule is CCCOc1ccc(C=C2C(=O)NN(c3ccc(F)cc3)C2=O)c(C)c1C. The van der Waals surface area contributed by atoms with E-state index in [4.69, 9.17) is 4.74 Å². The zero-order chi connectivity index (χ0) is 19.6. The summed E-state index contributed by atoms with van der Waals surface area (Å²) in [6.45, 7) is 6.55. The molecule has 3 rings (SSSR count). The van der Waals surface area contributed by atoms with Crippen LogP contribution in [0.5, 0.6) is 5.75 Å². The van der Waals surface area contributed by atoms with Gasteiger partial charge in [0.15, 0.2) is 0 Å². The first-order valence-electron chi connectivity index (χ1n) is 8.78. The number of benzene rings is 2. The molecule has 0 radical (unpaired) electrons. The van der Waals surface area contributed by atoms with E-state index in [1.54, 1.807) is 6.08 Å². The Labute approximate surface area is 157 Å². The molecule has 1 fully saturated rings. The zero-order valence-electron chi connectivity index (χ0n) is 15.5. The third-order valence-corrected chi connectivity index (χ3v) is 4.52. The van der Waals surface area contributed by atoms with Crippen LogP contribution in [0.25, 0.3) is 6.08 Å². The van der Waals surface area contributed by atoms with E-state index in [0.29, 0.717) is 12.3 Å². The smallest absolute Gasteiger partial charge is 0.282 e. The summed E-state index contributed by atoms with van der Waals surface area (Å²) in [4.78, 5) is 25.0. The number of ether oxygens (including phenoxy) is 1. The molecular formula is C21H21FN2O3. The van der Waals surface area contributed by atoms with Crippen molar-refractivity contribution in [3.8, 4) is 5.75 Å². The third-order valence-electron chi connectivity index (χ3n) is 4.52. The number of halogens is 1. The Kier molecular flexibility index (Phi) is 5.26. The highest BCUT2D eigenvalue weighted by molar-refractivity contribution is 6.31. The highest BCUT2D eigenvalue weighted by atomic mass is 19.1. The van der Waals surface area contributed by atoms with Crippen LogP contribution in [0.1, 0.15) is 30.0 Å². The van der Waals surface area contributed by atoms with Crippen LogP contribution in [0.4, 0.5) is 10.1 Å². The van der Waals surface area contributed by atoms with Crippen LogP contribution < -0.4 is 15.2 Å². The average Bonchev–Trinajstić information content (AvgIpc) is 2.93. The standard InChI is InChI=1S/C21H21FN2O3/c1-4-11-27-19-10-5-15(13(2)14(19)3)12-18-20(25)23-24(21(18)26)17-8-6-16(22)7-9-17/h5-10,12H,4,11H2,1-3H3,(H,23,25). The van der Waals surface area contributed by atoms with E-state index in [9.17, 15) is 14.0 Å². The van der Waals surface area contributed by atoms with Gasteiger partial charge in [-0.05, 0) is 73.4 Å². The molecule has 1 saturated heterocycles. The van der Waals surface area contributed by atoms with Crippen molar-refractivity contribution < 1.29 is 18.7 Å². The van der Waals surface area contributed by atoms with Gasteiger partial charge >= 0.3 is 0 Å². The van der Waals surface area contributed by atoms with Crippen LogP contribution in [-0.4, -0.2) is 18.4 Å². The molecule has 0 bridgehead atoms. The first-order chi connectivity index (χ1) is 12.9. The van der Waals surface area contributed by atoms with Gasteiger partial charge in [-0.1, -0.05) is 13.0 Å². The van der Waals surface area contributed by atoms with E-state index < -0.39 is 17.6 Å². The summed E-state index contributed by atoms with van der Waals surface area (Å²) in [6, 6.07) is 9.02. The van der Waals surface area contributed by atoms with Gasteiger partial charge in [0.2, 0.25) is 0 Å². The van der Waals surface area contributed by atoms with Gasteiger partial charge in [0.25, 0.3) is 11.8 Å². The number of hydrogen-bond donors (Lipinski definition) is 1. The van der Waals surface area contributed by atoms with Gasteiger partial charge in [-0.15, -0.1) is 0 Å². The fraction of sp³-hybridized carbons (Fsp3) is 0.238. The van der Waals surface area contributed by atoms with Crippen molar-refractivity contribution in [3.05, 3.63) is 64.5 Å². The number of carbonyl (C=O) groups is 2. The minimum Gasteiger partial charge on any atom is -0.493 e. The van der Waals surface area contributed by atoms with Crippen molar-refractivity contribution in [2.24, 2.45) is 0 Å². The second kappa shape index (κ2) is 7.61. The fourth-order valence-corrected chi connectivity index (χ4v) is 2.83. The maximum Gasteiger partial charge on any atom is 0.282 e. The number of anilines is 1. The quantitative estimate of drug-likeness (QED) is 0.647. The highest BCUT2D eigenvalue weighted by Crippen LogP contribution is 2.28. The summed E-state index contributed by atoms with van der Waals surface area (Å²) < 4.78 is 18.8. The first-order valence-corrected chi connectivity index (χ1v) is 8.78. The molecule has 0 saturated carbocycles. The van der Waals surface area contributed by atoms with Crippen molar-refractivity contribution in [1.29, 1.82) is 0 Å². The number of hydrogen-bond acceptors (Lipinski definition) is 3. The van der Waals surface area contributed by atoms with Gasteiger partial charge < -0.3 is 4.74 Å². The normalized spacial score (nSPS) is 15.4. The molecule has 2 aromatic carbocycles. The van der Waals surface area contributed by atoms with Crippen molar-refractivity contribution in [3.63, 3.8) is 0 Å². The van der Waals surface area contributed by atoms with Crippen LogP contribution in [0, 0.1) is 19.7 Å². The number of nitrogens with zero attached hydrogens (tertiary/aromatic N) is 1. The van der Waals surface area contributed by atoms with Gasteiger partial charge in [0, 0.05) is 0 Å². The Morgan fingerprint density at radius 1 is 1.07 bits per heavy atom. The van der Waals surface area contributed by atoms with Gasteiger partial charge in [-0.3, -0.25) is 15.0 Å². The molecular weight excluding hydrogens is 347 g/mol. The summed E-state index contributed by atoms with van der Waals surface area (Å²) in [5.74, 6) is -0.585. The van der Waals surface area contributed by atoms with Crippen LogP contribution in [0.15, 0.2) is 42.0 Å². The van der Waals surface area contributed by atoms with Crippen molar-refractivity contribution in [2.45, 2.75) is 27.2 Å². The Morgan fingerprint density at radius 3 is 2.44 bits per heavy atom. The molecule has 1 heterocycles. The Hall–Kier alpha value is -3.15. The number of nitrogens with one attached hydrogen (secondary N) is 1. The molecule has 6 heteroatoms. The molecule has 1 N–H and O–H groups in total. The van der Waals surface area contributed by atoms with E-state index in [1.165, 1.54) is 24.3 Å².